The average Bonchev–Trinajstić information content (AvgIpc) is 2.78. The van der Waals surface area contributed by atoms with Crippen molar-refractivity contribution < 1.29 is 17.5 Å². The van der Waals surface area contributed by atoms with Crippen molar-refractivity contribution in [2.75, 3.05) is 11.4 Å². The third-order valence-corrected chi connectivity index (χ3v) is 6.39. The molecule has 0 unspecified atom stereocenters. The van der Waals surface area contributed by atoms with Crippen LogP contribution in [0.15, 0.2) is 59.6 Å². The Kier molecular flexibility index (Phi) is 6.19. The van der Waals surface area contributed by atoms with Crippen molar-refractivity contribution in [3.8, 4) is 17.9 Å². The number of hydrogen-bond donors (Lipinski definition) is 0. The first kappa shape index (κ1) is 21.8. The van der Waals surface area contributed by atoms with E-state index >= 15 is 0 Å². The molecule has 0 saturated carbocycles. The zero-order chi connectivity index (χ0) is 22.6. The number of methoxy groups -OCH3 is 1. The number of aryl methyl sites for hydroxylation is 1. The Morgan fingerprint density at radius 3 is 2.45 bits per heavy atom. The second-order valence-electron chi connectivity index (χ2n) is 6.57. The van der Waals surface area contributed by atoms with Gasteiger partial charge < -0.3 is 4.74 Å². The lowest BCUT2D eigenvalue weighted by atomic mass is 10.1. The van der Waals surface area contributed by atoms with E-state index < -0.39 is 15.8 Å². The summed E-state index contributed by atoms with van der Waals surface area (Å²) in [6, 6.07) is 14.7. The van der Waals surface area contributed by atoms with Crippen LogP contribution in [0.4, 0.5) is 10.2 Å². The lowest BCUT2D eigenvalue weighted by Gasteiger charge is -2.24. The van der Waals surface area contributed by atoms with Crippen LogP contribution in [0.2, 0.25) is 0 Å². The van der Waals surface area contributed by atoms with Crippen LogP contribution in [-0.4, -0.2) is 20.5 Å². The molecule has 0 saturated heterocycles. The minimum atomic E-state index is -4.21. The van der Waals surface area contributed by atoms with Gasteiger partial charge in [0.1, 0.15) is 29.5 Å². The van der Waals surface area contributed by atoms with E-state index in [9.17, 15) is 12.8 Å². The van der Waals surface area contributed by atoms with Gasteiger partial charge in [-0.1, -0.05) is 6.07 Å². The lowest BCUT2D eigenvalue weighted by Crippen LogP contribution is -2.31. The molecule has 3 aromatic rings. The van der Waals surface area contributed by atoms with Gasteiger partial charge in [0.2, 0.25) is 0 Å². The molecule has 2 aromatic carbocycles. The number of pyridine rings is 1. The number of sulfonamides is 1. The normalized spacial score (nSPS) is 10.7. The zero-order valence-corrected chi connectivity index (χ0v) is 17.5. The maximum absolute atomic E-state index is 13.8. The fraction of sp³-hybridized carbons (Fsp3) is 0.136. The van der Waals surface area contributed by atoms with E-state index in [1.807, 2.05) is 13.0 Å². The molecule has 0 fully saturated rings. The van der Waals surface area contributed by atoms with E-state index in [1.165, 1.54) is 25.4 Å². The molecule has 0 bridgehead atoms. The molecule has 0 aliphatic rings. The Bertz CT molecular complexity index is 1310. The zero-order valence-electron chi connectivity index (χ0n) is 16.7. The number of halogens is 1. The van der Waals surface area contributed by atoms with Crippen LogP contribution in [0.1, 0.15) is 22.3 Å². The van der Waals surface area contributed by atoms with Gasteiger partial charge in [-0.25, -0.2) is 22.1 Å². The van der Waals surface area contributed by atoms with Gasteiger partial charge in [-0.2, -0.15) is 10.5 Å². The number of nitriles is 2. The van der Waals surface area contributed by atoms with Gasteiger partial charge in [-0.15, -0.1) is 0 Å². The van der Waals surface area contributed by atoms with E-state index in [4.69, 9.17) is 15.3 Å². The molecule has 7 nitrogen and oxygen atoms in total. The Morgan fingerprint density at radius 2 is 1.87 bits per heavy atom. The minimum Gasteiger partial charge on any atom is -0.497 e. The third-order valence-electron chi connectivity index (χ3n) is 4.64. The second-order valence-corrected chi connectivity index (χ2v) is 8.44. The summed E-state index contributed by atoms with van der Waals surface area (Å²) in [5.41, 5.74) is 1.38. The van der Waals surface area contributed by atoms with E-state index in [0.29, 0.717) is 11.3 Å². The molecule has 1 aromatic heterocycles. The molecule has 1 heterocycles. The van der Waals surface area contributed by atoms with Crippen molar-refractivity contribution in [1.29, 1.82) is 10.5 Å². The summed E-state index contributed by atoms with van der Waals surface area (Å²) in [6.45, 7) is 1.75. The molecule has 0 atom stereocenters. The van der Waals surface area contributed by atoms with Gasteiger partial charge in [-0.05, 0) is 60.5 Å². The van der Waals surface area contributed by atoms with Gasteiger partial charge in [0.25, 0.3) is 10.0 Å². The predicted octanol–water partition coefficient (Wildman–Crippen LogP) is 3.68. The van der Waals surface area contributed by atoms with Crippen molar-refractivity contribution in [3.63, 3.8) is 0 Å². The highest BCUT2D eigenvalue weighted by atomic mass is 32.2. The standard InChI is InChI=1S/C22H17FN4O3S/c1-15-9-19(30-2)5-4-17(15)14-27(22-8-3-16(11-24)13-26-22)31(28,29)20-6-7-21(23)18(10-20)12-25/h3-10,13H,14H2,1-2H3. The number of ether oxygens (including phenoxy) is 1. The first-order chi connectivity index (χ1) is 14.8. The molecular formula is C22H17FN4O3S. The third kappa shape index (κ3) is 4.47. The van der Waals surface area contributed by atoms with E-state index in [-0.39, 0.29) is 28.4 Å². The maximum Gasteiger partial charge on any atom is 0.265 e. The fourth-order valence-electron chi connectivity index (χ4n) is 2.89. The van der Waals surface area contributed by atoms with Crippen molar-refractivity contribution in [1.82, 2.24) is 4.98 Å². The van der Waals surface area contributed by atoms with Crippen molar-refractivity contribution in [2.45, 2.75) is 18.4 Å². The number of benzene rings is 2. The Hall–Kier alpha value is -3.95. The van der Waals surface area contributed by atoms with Crippen LogP contribution in [0, 0.1) is 35.4 Å². The first-order valence-corrected chi connectivity index (χ1v) is 10.5. The highest BCUT2D eigenvalue weighted by Crippen LogP contribution is 2.27. The number of hydrogen-bond acceptors (Lipinski definition) is 6. The van der Waals surface area contributed by atoms with Crippen molar-refractivity contribution >= 4 is 15.8 Å². The fourth-order valence-corrected chi connectivity index (χ4v) is 4.32. The number of nitrogens with zero attached hydrogens (tertiary/aromatic N) is 4. The maximum atomic E-state index is 13.8. The van der Waals surface area contributed by atoms with Gasteiger partial charge in [0.15, 0.2) is 0 Å². The topological polar surface area (TPSA) is 107 Å². The second kappa shape index (κ2) is 8.82. The molecule has 0 aliphatic heterocycles. The van der Waals surface area contributed by atoms with Gasteiger partial charge >= 0.3 is 0 Å². The minimum absolute atomic E-state index is 0.0731. The molecule has 31 heavy (non-hydrogen) atoms. The number of aromatic nitrogens is 1. The Labute approximate surface area is 179 Å². The summed E-state index contributed by atoms with van der Waals surface area (Å²) >= 11 is 0. The average molecular weight is 436 g/mol. The number of anilines is 1. The largest absolute Gasteiger partial charge is 0.497 e. The molecule has 9 heteroatoms. The molecule has 0 N–H and O–H groups in total. The Balaban J connectivity index is 2.13. The van der Waals surface area contributed by atoms with E-state index in [1.54, 1.807) is 24.3 Å². The van der Waals surface area contributed by atoms with Crippen molar-refractivity contribution in [2.24, 2.45) is 0 Å². The van der Waals surface area contributed by atoms with Crippen LogP contribution < -0.4 is 9.04 Å². The Morgan fingerprint density at radius 1 is 1.10 bits per heavy atom. The summed E-state index contributed by atoms with van der Waals surface area (Å²) in [5.74, 6) is -0.100. The molecule has 156 valence electrons. The highest BCUT2D eigenvalue weighted by Gasteiger charge is 2.28. The SMILES string of the molecule is COc1ccc(CN(c2ccc(C#N)cn2)S(=O)(=O)c2ccc(F)c(C#N)c2)c(C)c1. The number of rotatable bonds is 6. The molecule has 0 radical (unpaired) electrons. The van der Waals surface area contributed by atoms with Crippen LogP contribution in [0.5, 0.6) is 5.75 Å². The molecular weight excluding hydrogens is 419 g/mol. The molecule has 0 amide bonds. The van der Waals surface area contributed by atoms with Gasteiger partial charge in [-0.3, -0.25) is 0 Å². The van der Waals surface area contributed by atoms with E-state index in [2.05, 4.69) is 4.98 Å². The molecule has 3 rings (SSSR count). The highest BCUT2D eigenvalue weighted by molar-refractivity contribution is 7.92. The monoisotopic (exact) mass is 436 g/mol. The first-order valence-electron chi connectivity index (χ1n) is 9.02. The summed E-state index contributed by atoms with van der Waals surface area (Å²) in [7, 11) is -2.68. The summed E-state index contributed by atoms with van der Waals surface area (Å²) < 4.78 is 46.9. The predicted molar refractivity (Wildman–Crippen MR) is 111 cm³/mol. The van der Waals surface area contributed by atoms with Crippen LogP contribution in [0.3, 0.4) is 0 Å². The van der Waals surface area contributed by atoms with Crippen LogP contribution in [0.25, 0.3) is 0 Å². The van der Waals surface area contributed by atoms with E-state index in [0.717, 1.165) is 28.1 Å². The molecule has 0 aliphatic carbocycles. The summed E-state index contributed by atoms with van der Waals surface area (Å²) in [5, 5.41) is 18.1. The van der Waals surface area contributed by atoms with Gasteiger partial charge in [0, 0.05) is 6.20 Å². The smallest absolute Gasteiger partial charge is 0.265 e. The molecule has 0 spiro atoms. The van der Waals surface area contributed by atoms with Crippen molar-refractivity contribution in [3.05, 3.63) is 82.8 Å². The van der Waals surface area contributed by atoms with Crippen LogP contribution >= 0.6 is 0 Å². The van der Waals surface area contributed by atoms with Gasteiger partial charge in [0.05, 0.1) is 29.7 Å². The summed E-state index contributed by atoms with van der Waals surface area (Å²) in [6.07, 6.45) is 1.27. The lowest BCUT2D eigenvalue weighted by molar-refractivity contribution is 0.414. The quantitative estimate of drug-likeness (QED) is 0.583. The van der Waals surface area contributed by atoms with Crippen LogP contribution in [-0.2, 0) is 16.6 Å². The summed E-state index contributed by atoms with van der Waals surface area (Å²) in [4.78, 5) is 3.87.